The van der Waals surface area contributed by atoms with Crippen molar-refractivity contribution in [2.24, 2.45) is 5.10 Å². The van der Waals surface area contributed by atoms with Gasteiger partial charge in [0.15, 0.2) is 5.13 Å². The number of hydrazone groups is 1. The first kappa shape index (κ1) is 13.7. The van der Waals surface area contributed by atoms with Crippen LogP contribution in [0.1, 0.15) is 17.8 Å². The molecular weight excluding hydrogens is 291 g/mol. The van der Waals surface area contributed by atoms with Crippen LogP contribution >= 0.6 is 22.9 Å². The predicted octanol–water partition coefficient (Wildman–Crippen LogP) is 2.45. The van der Waals surface area contributed by atoms with Gasteiger partial charge in [0.2, 0.25) is 0 Å². The summed E-state index contributed by atoms with van der Waals surface area (Å²) in [6.07, 6.45) is 4.38. The van der Waals surface area contributed by atoms with Crippen LogP contribution in [-0.2, 0) is 4.79 Å². The van der Waals surface area contributed by atoms with Crippen molar-refractivity contribution in [1.29, 1.82) is 0 Å². The van der Waals surface area contributed by atoms with E-state index in [1.165, 1.54) is 23.2 Å². The molecule has 19 heavy (non-hydrogen) atoms. The monoisotopic (exact) mass is 300 g/mol. The number of nitrogens with one attached hydrogen (secondary N) is 1. The van der Waals surface area contributed by atoms with Crippen molar-refractivity contribution in [3.05, 3.63) is 39.6 Å². The van der Waals surface area contributed by atoms with Crippen LogP contribution in [0.4, 0.5) is 4.39 Å². The smallest absolute Gasteiger partial charge is 0.264 e. The summed E-state index contributed by atoms with van der Waals surface area (Å²) in [7, 11) is 0. The Morgan fingerprint density at radius 1 is 1.68 bits per heavy atom. The largest absolute Gasteiger partial charge is 0.271 e. The first-order chi connectivity index (χ1) is 9.06. The van der Waals surface area contributed by atoms with E-state index >= 15 is 0 Å². The highest BCUT2D eigenvalue weighted by Crippen LogP contribution is 2.12. The Balaban J connectivity index is 1.92. The van der Waals surface area contributed by atoms with Gasteiger partial charge in [0.25, 0.3) is 5.91 Å². The second kappa shape index (κ2) is 5.94. The van der Waals surface area contributed by atoms with Crippen molar-refractivity contribution in [2.45, 2.75) is 13.0 Å². The summed E-state index contributed by atoms with van der Waals surface area (Å²) in [4.78, 5) is 12.4. The zero-order valence-electron chi connectivity index (χ0n) is 9.88. The lowest BCUT2D eigenvalue weighted by molar-refractivity contribution is -0.124. The molecule has 1 atom stereocenters. The average Bonchev–Trinajstić information content (AvgIpc) is 2.97. The van der Waals surface area contributed by atoms with Gasteiger partial charge in [0.1, 0.15) is 6.04 Å². The number of carbonyl (C=O) groups excluding carboxylic acids is 1. The fourth-order valence-electron chi connectivity index (χ4n) is 1.30. The number of nitrogens with zero attached hydrogens (tertiary/aromatic N) is 3. The first-order valence-corrected chi connectivity index (χ1v) is 6.53. The first-order valence-electron chi connectivity index (χ1n) is 5.34. The minimum Gasteiger partial charge on any atom is -0.271 e. The molecule has 0 saturated heterocycles. The summed E-state index contributed by atoms with van der Waals surface area (Å²) < 4.78 is 14.1. The van der Waals surface area contributed by atoms with Crippen LogP contribution in [0.15, 0.2) is 29.6 Å². The lowest BCUT2D eigenvalue weighted by Gasteiger charge is -2.09. The fourth-order valence-corrected chi connectivity index (χ4v) is 2.04. The molecular formula is C11H10ClFN4OS. The van der Waals surface area contributed by atoms with E-state index in [0.717, 1.165) is 11.3 Å². The van der Waals surface area contributed by atoms with Gasteiger partial charge in [0, 0.05) is 6.20 Å². The minimum absolute atomic E-state index is 0.299. The molecule has 0 spiro atoms. The van der Waals surface area contributed by atoms with E-state index in [4.69, 9.17) is 11.6 Å². The normalized spacial score (nSPS) is 12.8. The van der Waals surface area contributed by atoms with Gasteiger partial charge in [-0.15, -0.1) is 11.3 Å². The quantitative estimate of drug-likeness (QED) is 0.696. The molecule has 0 aliphatic carbocycles. The molecule has 1 unspecified atom stereocenters. The van der Waals surface area contributed by atoms with E-state index in [1.54, 1.807) is 19.2 Å². The van der Waals surface area contributed by atoms with Crippen molar-refractivity contribution in [2.75, 3.05) is 0 Å². The van der Waals surface area contributed by atoms with Crippen LogP contribution in [0.25, 0.3) is 0 Å². The standard InChI is InChI=1S/C11H10ClFN4OS/c1-7(17-6-8(12)4-15-17)11(18)16-14-5-9-2-3-10(13)19-9/h2-7H,1H3,(H,16,18)/b14-5+. The van der Waals surface area contributed by atoms with E-state index in [2.05, 4.69) is 15.6 Å². The van der Waals surface area contributed by atoms with Gasteiger partial charge < -0.3 is 0 Å². The SMILES string of the molecule is CC(C(=O)N/N=C/c1ccc(F)s1)n1cc(Cl)cn1. The van der Waals surface area contributed by atoms with Gasteiger partial charge in [-0.05, 0) is 19.1 Å². The van der Waals surface area contributed by atoms with Gasteiger partial charge in [-0.25, -0.2) is 5.43 Å². The van der Waals surface area contributed by atoms with E-state index in [9.17, 15) is 9.18 Å². The summed E-state index contributed by atoms with van der Waals surface area (Å²) >= 11 is 6.66. The number of rotatable bonds is 4. The van der Waals surface area contributed by atoms with Crippen molar-refractivity contribution in [3.8, 4) is 0 Å². The van der Waals surface area contributed by atoms with Crippen LogP contribution in [-0.4, -0.2) is 21.9 Å². The molecule has 0 bridgehead atoms. The van der Waals surface area contributed by atoms with Crippen LogP contribution in [0.5, 0.6) is 0 Å². The van der Waals surface area contributed by atoms with Crippen LogP contribution in [0.2, 0.25) is 5.02 Å². The molecule has 0 aromatic carbocycles. The maximum Gasteiger partial charge on any atom is 0.264 e. The Bertz CT molecular complexity index is 609. The van der Waals surface area contributed by atoms with E-state index < -0.39 is 6.04 Å². The number of amides is 1. The zero-order chi connectivity index (χ0) is 13.8. The third-order valence-corrected chi connectivity index (χ3v) is 3.31. The number of hydrogen-bond acceptors (Lipinski definition) is 4. The maximum atomic E-state index is 12.7. The number of aromatic nitrogens is 2. The van der Waals surface area contributed by atoms with E-state index in [0.29, 0.717) is 9.90 Å². The molecule has 0 aliphatic heterocycles. The second-order valence-electron chi connectivity index (χ2n) is 3.69. The maximum absolute atomic E-state index is 12.7. The third-order valence-electron chi connectivity index (χ3n) is 2.31. The summed E-state index contributed by atoms with van der Waals surface area (Å²) in [6, 6.07) is 2.37. The fraction of sp³-hybridized carbons (Fsp3) is 0.182. The van der Waals surface area contributed by atoms with Crippen molar-refractivity contribution in [1.82, 2.24) is 15.2 Å². The molecule has 1 N–H and O–H groups in total. The molecule has 0 radical (unpaired) electrons. The number of carbonyl (C=O) groups is 1. The Labute approximate surface area is 117 Å². The summed E-state index contributed by atoms with van der Waals surface area (Å²) in [5.41, 5.74) is 2.36. The molecule has 2 heterocycles. The lowest BCUT2D eigenvalue weighted by Crippen LogP contribution is -2.27. The summed E-state index contributed by atoms with van der Waals surface area (Å²) in [5, 5.41) is 7.84. The second-order valence-corrected chi connectivity index (χ2v) is 5.19. The highest BCUT2D eigenvalue weighted by Gasteiger charge is 2.14. The molecule has 2 aromatic heterocycles. The third kappa shape index (κ3) is 3.62. The van der Waals surface area contributed by atoms with Crippen LogP contribution < -0.4 is 5.43 Å². The zero-order valence-corrected chi connectivity index (χ0v) is 11.5. The Morgan fingerprint density at radius 3 is 3.05 bits per heavy atom. The average molecular weight is 301 g/mol. The molecule has 0 saturated carbocycles. The molecule has 0 aliphatic rings. The molecule has 8 heteroatoms. The van der Waals surface area contributed by atoms with Crippen LogP contribution in [0, 0.1) is 5.13 Å². The number of hydrogen-bond donors (Lipinski definition) is 1. The van der Waals surface area contributed by atoms with E-state index in [-0.39, 0.29) is 11.0 Å². The van der Waals surface area contributed by atoms with Gasteiger partial charge >= 0.3 is 0 Å². The number of halogens is 2. The van der Waals surface area contributed by atoms with Crippen molar-refractivity contribution >= 4 is 35.1 Å². The molecule has 100 valence electrons. The lowest BCUT2D eigenvalue weighted by atomic mass is 10.3. The highest BCUT2D eigenvalue weighted by molar-refractivity contribution is 7.12. The Hall–Kier alpha value is -1.73. The van der Waals surface area contributed by atoms with E-state index in [1.807, 2.05) is 0 Å². The topological polar surface area (TPSA) is 59.3 Å². The molecule has 2 rings (SSSR count). The summed E-state index contributed by atoms with van der Waals surface area (Å²) in [6.45, 7) is 1.67. The van der Waals surface area contributed by atoms with Crippen molar-refractivity contribution in [3.63, 3.8) is 0 Å². The van der Waals surface area contributed by atoms with Gasteiger partial charge in [-0.3, -0.25) is 9.48 Å². The van der Waals surface area contributed by atoms with Crippen molar-refractivity contribution < 1.29 is 9.18 Å². The highest BCUT2D eigenvalue weighted by atomic mass is 35.5. The van der Waals surface area contributed by atoms with Gasteiger partial charge in [-0.2, -0.15) is 14.6 Å². The Morgan fingerprint density at radius 2 is 2.47 bits per heavy atom. The van der Waals surface area contributed by atoms with Gasteiger partial charge in [0.05, 0.1) is 22.3 Å². The Kier molecular flexibility index (Phi) is 4.28. The van der Waals surface area contributed by atoms with Crippen LogP contribution in [0.3, 0.4) is 0 Å². The predicted molar refractivity (Wildman–Crippen MR) is 72.0 cm³/mol. The molecule has 2 aromatic rings. The molecule has 0 fully saturated rings. The van der Waals surface area contributed by atoms with Gasteiger partial charge in [-0.1, -0.05) is 11.6 Å². The number of thiophene rings is 1. The minimum atomic E-state index is -0.537. The molecule has 1 amide bonds. The molecule has 5 nitrogen and oxygen atoms in total. The summed E-state index contributed by atoms with van der Waals surface area (Å²) in [5.74, 6) is -0.340.